The number of hydrogen-bond donors (Lipinski definition) is 1. The number of carbonyl (C=O) groups excluding carboxylic acids is 1. The van der Waals surface area contributed by atoms with Gasteiger partial charge in [0, 0.05) is 13.2 Å². The summed E-state index contributed by atoms with van der Waals surface area (Å²) in [6, 6.07) is 7.00. The second kappa shape index (κ2) is 8.81. The van der Waals surface area contributed by atoms with Crippen LogP contribution in [0.4, 0.5) is 18.0 Å². The molecule has 0 saturated heterocycles. The summed E-state index contributed by atoms with van der Waals surface area (Å²) in [6.07, 6.45) is -4.84. The number of alkyl carbamates (subject to hydrolysis) is 1. The molecule has 1 amide bonds. The quantitative estimate of drug-likeness (QED) is 0.757. The predicted octanol–water partition coefficient (Wildman–Crippen LogP) is 4.67. The first kappa shape index (κ1) is 20.6. The topological polar surface area (TPSA) is 69.7 Å². The smallest absolute Gasteiger partial charge is 0.417 e. The molecule has 27 heavy (non-hydrogen) atoms. The molecule has 2 rings (SSSR count). The van der Waals surface area contributed by atoms with Crippen molar-refractivity contribution in [2.24, 2.45) is 0 Å². The Morgan fingerprint density at radius 3 is 2.44 bits per heavy atom. The lowest BCUT2D eigenvalue weighted by molar-refractivity contribution is -0.137. The Kier molecular flexibility index (Phi) is 6.73. The molecule has 1 atom stereocenters. The largest absolute Gasteiger partial charge is 0.487 e. The van der Waals surface area contributed by atoms with Gasteiger partial charge in [0.05, 0.1) is 5.56 Å². The molecule has 0 aliphatic heterocycles. The minimum Gasteiger partial charge on any atom is -0.487 e. The lowest BCUT2D eigenvalue weighted by Gasteiger charge is -2.15. The fourth-order valence-corrected chi connectivity index (χ4v) is 2.09. The Hall–Kier alpha value is -2.68. The van der Waals surface area contributed by atoms with Crippen molar-refractivity contribution in [3.8, 4) is 17.4 Å². The number of pyridine rings is 1. The van der Waals surface area contributed by atoms with Gasteiger partial charge < -0.3 is 19.5 Å². The van der Waals surface area contributed by atoms with E-state index >= 15 is 0 Å². The number of amides is 1. The number of aromatic nitrogens is 1. The van der Waals surface area contributed by atoms with E-state index in [4.69, 9.17) is 25.8 Å². The Balaban J connectivity index is 1.96. The first-order valence-electron chi connectivity index (χ1n) is 7.71. The number of rotatable bonds is 6. The van der Waals surface area contributed by atoms with Crippen molar-refractivity contribution in [2.75, 3.05) is 13.7 Å². The average molecular weight is 405 g/mol. The minimum absolute atomic E-state index is 0.0585. The summed E-state index contributed by atoms with van der Waals surface area (Å²) in [4.78, 5) is 14.6. The third-order valence-electron chi connectivity index (χ3n) is 3.16. The summed E-state index contributed by atoms with van der Waals surface area (Å²) in [7, 11) is 1.45. The molecule has 6 nitrogen and oxygen atoms in total. The molecular weight excluding hydrogens is 389 g/mol. The maximum absolute atomic E-state index is 12.6. The van der Waals surface area contributed by atoms with Gasteiger partial charge in [-0.3, -0.25) is 0 Å². The third kappa shape index (κ3) is 6.21. The van der Waals surface area contributed by atoms with Crippen molar-refractivity contribution in [3.63, 3.8) is 0 Å². The highest BCUT2D eigenvalue weighted by Gasteiger charge is 2.31. The van der Waals surface area contributed by atoms with Crippen LogP contribution in [0.5, 0.6) is 17.4 Å². The van der Waals surface area contributed by atoms with Crippen molar-refractivity contribution in [2.45, 2.75) is 19.2 Å². The van der Waals surface area contributed by atoms with E-state index in [0.717, 1.165) is 6.07 Å². The van der Waals surface area contributed by atoms with E-state index in [1.807, 2.05) is 0 Å². The Morgan fingerprint density at radius 1 is 1.26 bits per heavy atom. The van der Waals surface area contributed by atoms with Crippen LogP contribution in [0.2, 0.25) is 5.02 Å². The minimum atomic E-state index is -4.54. The first-order chi connectivity index (χ1) is 12.7. The Bertz CT molecular complexity index is 785. The molecule has 0 aliphatic carbocycles. The maximum Gasteiger partial charge on any atom is 0.417 e. The number of halogens is 4. The average Bonchev–Trinajstić information content (AvgIpc) is 2.62. The van der Waals surface area contributed by atoms with E-state index in [1.165, 1.54) is 19.2 Å². The Labute approximate surface area is 158 Å². The van der Waals surface area contributed by atoms with E-state index in [-0.39, 0.29) is 23.6 Å². The molecule has 10 heteroatoms. The van der Waals surface area contributed by atoms with Gasteiger partial charge in [-0.05, 0) is 37.3 Å². The van der Waals surface area contributed by atoms with Crippen LogP contribution in [0.15, 0.2) is 36.5 Å². The van der Waals surface area contributed by atoms with E-state index in [1.54, 1.807) is 19.1 Å². The summed E-state index contributed by atoms with van der Waals surface area (Å²) < 4.78 is 53.7. The van der Waals surface area contributed by atoms with Crippen molar-refractivity contribution in [3.05, 3.63) is 47.1 Å². The van der Waals surface area contributed by atoms with E-state index < -0.39 is 17.8 Å². The van der Waals surface area contributed by atoms with Crippen LogP contribution in [-0.4, -0.2) is 30.8 Å². The zero-order valence-electron chi connectivity index (χ0n) is 14.3. The standard InChI is InChI=1S/C17H16ClF3N2O4/c1-10(9-25-16(24)22-2)26-12-3-5-13(6-4-12)27-15-14(18)7-11(8-23-15)17(19,20)21/h3-8,10H,9H2,1-2H3,(H,22,24). The number of ether oxygens (including phenoxy) is 3. The zero-order chi connectivity index (χ0) is 20.0. The van der Waals surface area contributed by atoms with Gasteiger partial charge in [0.15, 0.2) is 0 Å². The summed E-state index contributed by atoms with van der Waals surface area (Å²) in [6.45, 7) is 1.78. The van der Waals surface area contributed by atoms with Gasteiger partial charge in [-0.25, -0.2) is 9.78 Å². The highest BCUT2D eigenvalue weighted by molar-refractivity contribution is 6.31. The SMILES string of the molecule is CNC(=O)OCC(C)Oc1ccc(Oc2ncc(C(F)(F)F)cc2Cl)cc1. The summed E-state index contributed by atoms with van der Waals surface area (Å²) >= 11 is 5.80. The lowest BCUT2D eigenvalue weighted by atomic mass is 10.3. The summed E-state index contributed by atoms with van der Waals surface area (Å²) in [5, 5.41) is 2.06. The van der Waals surface area contributed by atoms with Gasteiger partial charge in [0.2, 0.25) is 5.88 Å². The first-order valence-corrected chi connectivity index (χ1v) is 8.08. The number of alkyl halides is 3. The van der Waals surface area contributed by atoms with Crippen molar-refractivity contribution < 1.29 is 32.2 Å². The fourth-order valence-electron chi connectivity index (χ4n) is 1.88. The molecule has 0 radical (unpaired) electrons. The molecule has 2 aromatic rings. The molecule has 1 aromatic heterocycles. The van der Waals surface area contributed by atoms with Crippen LogP contribution in [0, 0.1) is 0 Å². The van der Waals surface area contributed by atoms with Crippen molar-refractivity contribution >= 4 is 17.7 Å². The fraction of sp³-hybridized carbons (Fsp3) is 0.294. The lowest BCUT2D eigenvalue weighted by Crippen LogP contribution is -2.26. The molecular formula is C17H16ClF3N2O4. The summed E-state index contributed by atoms with van der Waals surface area (Å²) in [5.41, 5.74) is -0.962. The van der Waals surface area contributed by atoms with E-state index in [0.29, 0.717) is 17.7 Å². The van der Waals surface area contributed by atoms with Crippen LogP contribution in [0.1, 0.15) is 12.5 Å². The second-order valence-electron chi connectivity index (χ2n) is 5.36. The van der Waals surface area contributed by atoms with Crippen LogP contribution in [0.3, 0.4) is 0 Å². The molecule has 146 valence electrons. The van der Waals surface area contributed by atoms with Gasteiger partial charge in [-0.15, -0.1) is 0 Å². The number of benzene rings is 1. The van der Waals surface area contributed by atoms with Gasteiger partial charge in [-0.2, -0.15) is 13.2 Å². The zero-order valence-corrected chi connectivity index (χ0v) is 15.1. The molecule has 0 saturated carbocycles. The van der Waals surface area contributed by atoms with Crippen LogP contribution in [0.25, 0.3) is 0 Å². The van der Waals surface area contributed by atoms with Gasteiger partial charge in [0.25, 0.3) is 0 Å². The van der Waals surface area contributed by atoms with Crippen LogP contribution >= 0.6 is 11.6 Å². The maximum atomic E-state index is 12.6. The normalized spacial score (nSPS) is 12.2. The molecule has 1 N–H and O–H groups in total. The molecule has 0 fully saturated rings. The predicted molar refractivity (Wildman–Crippen MR) is 91.3 cm³/mol. The number of carbonyl (C=O) groups is 1. The van der Waals surface area contributed by atoms with E-state index in [2.05, 4.69) is 10.3 Å². The molecule has 0 spiro atoms. The number of hydrogen-bond acceptors (Lipinski definition) is 5. The van der Waals surface area contributed by atoms with Crippen LogP contribution < -0.4 is 14.8 Å². The van der Waals surface area contributed by atoms with Crippen LogP contribution in [-0.2, 0) is 10.9 Å². The van der Waals surface area contributed by atoms with Gasteiger partial charge in [-0.1, -0.05) is 11.6 Å². The van der Waals surface area contributed by atoms with E-state index in [9.17, 15) is 18.0 Å². The highest BCUT2D eigenvalue weighted by atomic mass is 35.5. The molecule has 0 aliphatic rings. The number of nitrogens with zero attached hydrogens (tertiary/aromatic N) is 1. The molecule has 1 unspecified atom stereocenters. The Morgan fingerprint density at radius 2 is 1.89 bits per heavy atom. The summed E-state index contributed by atoms with van der Waals surface area (Å²) in [5.74, 6) is 0.651. The van der Waals surface area contributed by atoms with Gasteiger partial charge in [0.1, 0.15) is 29.2 Å². The third-order valence-corrected chi connectivity index (χ3v) is 3.43. The van der Waals surface area contributed by atoms with Gasteiger partial charge >= 0.3 is 12.3 Å². The van der Waals surface area contributed by atoms with Crippen molar-refractivity contribution in [1.82, 2.24) is 10.3 Å². The second-order valence-corrected chi connectivity index (χ2v) is 5.77. The number of nitrogens with one attached hydrogen (secondary N) is 1. The molecule has 0 bridgehead atoms. The van der Waals surface area contributed by atoms with Crippen molar-refractivity contribution in [1.29, 1.82) is 0 Å². The molecule has 1 heterocycles. The highest BCUT2D eigenvalue weighted by Crippen LogP contribution is 2.34. The molecule has 1 aromatic carbocycles. The monoisotopic (exact) mass is 404 g/mol.